The number of carboxylic acids is 1. The predicted octanol–water partition coefficient (Wildman–Crippen LogP) is 0.405. The lowest BCUT2D eigenvalue weighted by Gasteiger charge is -2.34. The van der Waals surface area contributed by atoms with E-state index in [0.29, 0.717) is 0 Å². The summed E-state index contributed by atoms with van der Waals surface area (Å²) < 4.78 is 0. The minimum absolute atomic E-state index is 0.144. The SMILES string of the molecule is CC(=O)N1CCN(CCCCC(=O)O)CC1. The van der Waals surface area contributed by atoms with Crippen molar-refractivity contribution in [1.29, 1.82) is 0 Å². The van der Waals surface area contributed by atoms with E-state index in [1.165, 1.54) is 0 Å². The molecule has 1 heterocycles. The van der Waals surface area contributed by atoms with Gasteiger partial charge >= 0.3 is 5.97 Å². The summed E-state index contributed by atoms with van der Waals surface area (Å²) in [5.41, 5.74) is 0. The van der Waals surface area contributed by atoms with Gasteiger partial charge in [-0.3, -0.25) is 14.5 Å². The maximum absolute atomic E-state index is 11.1. The van der Waals surface area contributed by atoms with Crippen molar-refractivity contribution in [2.75, 3.05) is 32.7 Å². The molecule has 0 aliphatic carbocycles. The highest BCUT2D eigenvalue weighted by Gasteiger charge is 2.17. The van der Waals surface area contributed by atoms with Crippen LogP contribution in [0.3, 0.4) is 0 Å². The van der Waals surface area contributed by atoms with E-state index in [0.717, 1.165) is 45.6 Å². The molecule has 1 aliphatic rings. The summed E-state index contributed by atoms with van der Waals surface area (Å²) in [6, 6.07) is 0. The van der Waals surface area contributed by atoms with Gasteiger partial charge in [-0.1, -0.05) is 0 Å². The van der Waals surface area contributed by atoms with E-state index >= 15 is 0 Å². The first-order chi connectivity index (χ1) is 7.59. The van der Waals surface area contributed by atoms with Crippen molar-refractivity contribution in [3.8, 4) is 0 Å². The lowest BCUT2D eigenvalue weighted by molar-refractivity contribution is -0.137. The summed E-state index contributed by atoms with van der Waals surface area (Å²) in [5, 5.41) is 8.49. The Kier molecular flexibility index (Phi) is 5.25. The van der Waals surface area contributed by atoms with E-state index in [2.05, 4.69) is 4.90 Å². The van der Waals surface area contributed by atoms with E-state index in [9.17, 15) is 9.59 Å². The molecule has 0 saturated carbocycles. The van der Waals surface area contributed by atoms with Crippen LogP contribution in [0.1, 0.15) is 26.2 Å². The van der Waals surface area contributed by atoms with Gasteiger partial charge in [0.05, 0.1) is 0 Å². The zero-order valence-corrected chi connectivity index (χ0v) is 9.81. The van der Waals surface area contributed by atoms with Gasteiger partial charge in [0.2, 0.25) is 5.91 Å². The van der Waals surface area contributed by atoms with Crippen LogP contribution in [0.4, 0.5) is 0 Å². The Morgan fingerprint density at radius 3 is 2.25 bits per heavy atom. The second kappa shape index (κ2) is 6.48. The molecule has 0 radical (unpaired) electrons. The molecule has 1 rings (SSSR count). The Bertz CT molecular complexity index is 248. The van der Waals surface area contributed by atoms with Crippen LogP contribution in [0, 0.1) is 0 Å². The average molecular weight is 228 g/mol. The largest absolute Gasteiger partial charge is 0.481 e. The number of rotatable bonds is 5. The highest BCUT2D eigenvalue weighted by atomic mass is 16.4. The van der Waals surface area contributed by atoms with Gasteiger partial charge in [0, 0.05) is 39.5 Å². The molecule has 1 N–H and O–H groups in total. The maximum Gasteiger partial charge on any atom is 0.303 e. The first-order valence-electron chi connectivity index (χ1n) is 5.79. The van der Waals surface area contributed by atoms with Gasteiger partial charge < -0.3 is 10.0 Å². The zero-order chi connectivity index (χ0) is 12.0. The summed E-state index contributed by atoms with van der Waals surface area (Å²) in [6.45, 7) is 5.96. The number of aliphatic carboxylic acids is 1. The third-order valence-corrected chi connectivity index (χ3v) is 2.93. The molecule has 5 nitrogen and oxygen atoms in total. The van der Waals surface area contributed by atoms with Crippen molar-refractivity contribution in [3.05, 3.63) is 0 Å². The van der Waals surface area contributed by atoms with Gasteiger partial charge in [0.1, 0.15) is 0 Å². The minimum Gasteiger partial charge on any atom is -0.481 e. The number of carbonyl (C=O) groups excluding carboxylic acids is 1. The fourth-order valence-electron chi connectivity index (χ4n) is 1.90. The third-order valence-electron chi connectivity index (χ3n) is 2.93. The van der Waals surface area contributed by atoms with Crippen molar-refractivity contribution < 1.29 is 14.7 Å². The van der Waals surface area contributed by atoms with Crippen LogP contribution in [0.2, 0.25) is 0 Å². The molecule has 0 spiro atoms. The summed E-state index contributed by atoms with van der Waals surface area (Å²) in [6.07, 6.45) is 1.92. The monoisotopic (exact) mass is 228 g/mol. The Morgan fingerprint density at radius 2 is 1.75 bits per heavy atom. The Hall–Kier alpha value is -1.10. The minimum atomic E-state index is -0.721. The number of amides is 1. The molecule has 0 atom stereocenters. The first-order valence-corrected chi connectivity index (χ1v) is 5.79. The van der Waals surface area contributed by atoms with Gasteiger partial charge in [-0.2, -0.15) is 0 Å². The van der Waals surface area contributed by atoms with Gasteiger partial charge in [-0.15, -0.1) is 0 Å². The molecule has 92 valence electrons. The number of hydrogen-bond acceptors (Lipinski definition) is 3. The third kappa shape index (κ3) is 4.61. The fraction of sp³-hybridized carbons (Fsp3) is 0.818. The van der Waals surface area contributed by atoms with Gasteiger partial charge in [-0.25, -0.2) is 0 Å². The van der Waals surface area contributed by atoms with Gasteiger partial charge in [0.15, 0.2) is 0 Å². The van der Waals surface area contributed by atoms with E-state index < -0.39 is 5.97 Å². The van der Waals surface area contributed by atoms with Crippen molar-refractivity contribution in [2.45, 2.75) is 26.2 Å². The molecular formula is C11H20N2O3. The van der Waals surface area contributed by atoms with E-state index in [4.69, 9.17) is 5.11 Å². The molecule has 1 fully saturated rings. The maximum atomic E-state index is 11.1. The summed E-state index contributed by atoms with van der Waals surface area (Å²) >= 11 is 0. The lowest BCUT2D eigenvalue weighted by Crippen LogP contribution is -2.48. The predicted molar refractivity (Wildman–Crippen MR) is 60.2 cm³/mol. The second-order valence-electron chi connectivity index (χ2n) is 4.20. The van der Waals surface area contributed by atoms with E-state index in [1.54, 1.807) is 6.92 Å². The van der Waals surface area contributed by atoms with Crippen molar-refractivity contribution in [2.24, 2.45) is 0 Å². The molecule has 0 aromatic carbocycles. The topological polar surface area (TPSA) is 60.9 Å². The fourth-order valence-corrected chi connectivity index (χ4v) is 1.90. The highest BCUT2D eigenvalue weighted by molar-refractivity contribution is 5.73. The molecule has 1 saturated heterocycles. The van der Waals surface area contributed by atoms with Crippen molar-refractivity contribution in [1.82, 2.24) is 9.80 Å². The summed E-state index contributed by atoms with van der Waals surface area (Å²) in [7, 11) is 0. The van der Waals surface area contributed by atoms with Crippen molar-refractivity contribution >= 4 is 11.9 Å². The van der Waals surface area contributed by atoms with Crippen LogP contribution >= 0.6 is 0 Å². The van der Waals surface area contributed by atoms with Gasteiger partial charge in [0.25, 0.3) is 0 Å². The Labute approximate surface area is 96.0 Å². The van der Waals surface area contributed by atoms with Gasteiger partial charge in [-0.05, 0) is 19.4 Å². The van der Waals surface area contributed by atoms with Crippen LogP contribution in [0.5, 0.6) is 0 Å². The van der Waals surface area contributed by atoms with Crippen LogP contribution in [-0.2, 0) is 9.59 Å². The average Bonchev–Trinajstić information content (AvgIpc) is 2.25. The van der Waals surface area contributed by atoms with Crippen LogP contribution in [0.25, 0.3) is 0 Å². The number of carboxylic acid groups (broad SMARTS) is 1. The number of hydrogen-bond donors (Lipinski definition) is 1. The number of unbranched alkanes of at least 4 members (excludes halogenated alkanes) is 1. The normalized spacial score (nSPS) is 17.4. The zero-order valence-electron chi connectivity index (χ0n) is 9.81. The number of nitrogens with zero attached hydrogens (tertiary/aromatic N) is 2. The molecule has 16 heavy (non-hydrogen) atoms. The van der Waals surface area contributed by atoms with E-state index in [1.807, 2.05) is 4.90 Å². The quantitative estimate of drug-likeness (QED) is 0.692. The first kappa shape index (κ1) is 13.0. The van der Waals surface area contributed by atoms with Crippen LogP contribution < -0.4 is 0 Å². The molecule has 5 heteroatoms. The number of piperazine rings is 1. The molecule has 1 amide bonds. The Morgan fingerprint density at radius 1 is 1.12 bits per heavy atom. The van der Waals surface area contributed by atoms with Crippen molar-refractivity contribution in [3.63, 3.8) is 0 Å². The standard InChI is InChI=1S/C11H20N2O3/c1-10(14)13-8-6-12(7-9-13)5-3-2-4-11(15)16/h2-9H2,1H3,(H,15,16). The smallest absolute Gasteiger partial charge is 0.303 e. The van der Waals surface area contributed by atoms with E-state index in [-0.39, 0.29) is 12.3 Å². The number of carbonyl (C=O) groups is 2. The van der Waals surface area contributed by atoms with Crippen LogP contribution in [-0.4, -0.2) is 59.5 Å². The molecule has 0 unspecified atom stereocenters. The second-order valence-corrected chi connectivity index (χ2v) is 4.20. The molecule has 0 aromatic rings. The molecule has 1 aliphatic heterocycles. The van der Waals surface area contributed by atoms with Crippen LogP contribution in [0.15, 0.2) is 0 Å². The molecular weight excluding hydrogens is 208 g/mol. The summed E-state index contributed by atoms with van der Waals surface area (Å²) in [5.74, 6) is -0.577. The molecule has 0 bridgehead atoms. The summed E-state index contributed by atoms with van der Waals surface area (Å²) in [4.78, 5) is 25.5. The molecule has 0 aromatic heterocycles. The highest BCUT2D eigenvalue weighted by Crippen LogP contribution is 2.04. The lowest BCUT2D eigenvalue weighted by atomic mass is 10.2. The Balaban J connectivity index is 2.08.